The van der Waals surface area contributed by atoms with E-state index in [1.807, 2.05) is 0 Å². The van der Waals surface area contributed by atoms with Crippen molar-refractivity contribution in [3.63, 3.8) is 0 Å². The van der Waals surface area contributed by atoms with E-state index in [2.05, 4.69) is 10.1 Å². The van der Waals surface area contributed by atoms with Gasteiger partial charge >= 0.3 is 5.69 Å². The van der Waals surface area contributed by atoms with Crippen molar-refractivity contribution >= 4 is 5.91 Å². The van der Waals surface area contributed by atoms with Crippen LogP contribution < -0.4 is 11.2 Å². The van der Waals surface area contributed by atoms with Gasteiger partial charge in [-0.2, -0.15) is 5.10 Å². The molecule has 1 fully saturated rings. The Morgan fingerprint density at radius 3 is 2.96 bits per heavy atom. The van der Waals surface area contributed by atoms with Crippen molar-refractivity contribution in [2.75, 3.05) is 13.1 Å². The molecule has 0 aliphatic carbocycles. The molecule has 0 radical (unpaired) electrons. The average molecular weight is 318 g/mol. The Balaban J connectivity index is 1.72. The third-order valence-corrected chi connectivity index (χ3v) is 4.13. The van der Waals surface area contributed by atoms with Gasteiger partial charge in [-0.3, -0.25) is 18.7 Å². The number of rotatable bonds is 3. The minimum absolute atomic E-state index is 0.0724. The van der Waals surface area contributed by atoms with Gasteiger partial charge in [-0.1, -0.05) is 0 Å². The Labute approximate surface area is 131 Å². The molecule has 0 bridgehead atoms. The summed E-state index contributed by atoms with van der Waals surface area (Å²) in [5.74, 6) is -0.143. The molecule has 1 saturated heterocycles. The van der Waals surface area contributed by atoms with Gasteiger partial charge in [-0.15, -0.1) is 0 Å². The van der Waals surface area contributed by atoms with Gasteiger partial charge < -0.3 is 4.90 Å². The van der Waals surface area contributed by atoms with Crippen molar-refractivity contribution < 1.29 is 4.79 Å². The number of amides is 1. The van der Waals surface area contributed by atoms with Gasteiger partial charge in [0.15, 0.2) is 0 Å². The van der Waals surface area contributed by atoms with Crippen LogP contribution in [-0.4, -0.2) is 47.8 Å². The molecule has 0 saturated carbocycles. The second kappa shape index (κ2) is 6.19. The van der Waals surface area contributed by atoms with Crippen LogP contribution in [0.2, 0.25) is 0 Å². The molecule has 1 aliphatic heterocycles. The summed E-state index contributed by atoms with van der Waals surface area (Å²) in [7, 11) is 1.40. The molecule has 0 aromatic carbocycles. The fourth-order valence-corrected chi connectivity index (χ4v) is 2.79. The van der Waals surface area contributed by atoms with E-state index in [0.29, 0.717) is 13.1 Å². The number of carbonyl (C=O) groups excluding carboxylic acids is 1. The minimum atomic E-state index is -0.490. The van der Waals surface area contributed by atoms with E-state index in [1.54, 1.807) is 15.9 Å². The SMILES string of the molecule is Cn1c(=O)ccn(CC(=O)N2CCC[C@H](n3cncn3)C2)c1=O. The van der Waals surface area contributed by atoms with E-state index < -0.39 is 5.69 Å². The lowest BCUT2D eigenvalue weighted by molar-refractivity contribution is -0.133. The fourth-order valence-electron chi connectivity index (χ4n) is 2.79. The molecular weight excluding hydrogens is 300 g/mol. The second-order valence-electron chi connectivity index (χ2n) is 5.63. The Morgan fingerprint density at radius 2 is 2.22 bits per heavy atom. The lowest BCUT2D eigenvalue weighted by Gasteiger charge is -2.32. The van der Waals surface area contributed by atoms with E-state index >= 15 is 0 Å². The number of likely N-dealkylation sites (tertiary alicyclic amines) is 1. The first-order valence-electron chi connectivity index (χ1n) is 7.44. The first-order valence-corrected chi connectivity index (χ1v) is 7.44. The molecule has 2 aromatic heterocycles. The molecule has 1 aliphatic rings. The Kier molecular flexibility index (Phi) is 4.09. The molecule has 3 rings (SSSR count). The maximum atomic E-state index is 12.5. The van der Waals surface area contributed by atoms with Crippen LogP contribution >= 0.6 is 0 Å². The third kappa shape index (κ3) is 3.08. The predicted molar refractivity (Wildman–Crippen MR) is 80.8 cm³/mol. The first kappa shape index (κ1) is 15.2. The lowest BCUT2D eigenvalue weighted by Crippen LogP contribution is -2.45. The van der Waals surface area contributed by atoms with Crippen molar-refractivity contribution in [2.24, 2.45) is 7.05 Å². The highest BCUT2D eigenvalue weighted by molar-refractivity contribution is 5.76. The van der Waals surface area contributed by atoms with E-state index in [9.17, 15) is 14.4 Å². The summed E-state index contributed by atoms with van der Waals surface area (Å²) >= 11 is 0. The summed E-state index contributed by atoms with van der Waals surface area (Å²) in [5.41, 5.74) is -0.876. The number of hydrogen-bond donors (Lipinski definition) is 0. The largest absolute Gasteiger partial charge is 0.339 e. The standard InChI is InChI=1S/C14H18N6O3/c1-17-12(21)4-6-19(14(17)23)8-13(22)18-5-2-3-11(7-18)20-10-15-9-16-20/h4,6,9-11H,2-3,5,7-8H2,1H3/t11-/m0/s1. The predicted octanol–water partition coefficient (Wildman–Crippen LogP) is -0.998. The van der Waals surface area contributed by atoms with Crippen LogP contribution in [0.3, 0.4) is 0 Å². The zero-order valence-electron chi connectivity index (χ0n) is 12.8. The van der Waals surface area contributed by atoms with Crippen LogP contribution in [0.5, 0.6) is 0 Å². The summed E-state index contributed by atoms with van der Waals surface area (Å²) in [5, 5.41) is 4.13. The molecule has 9 nitrogen and oxygen atoms in total. The van der Waals surface area contributed by atoms with Gasteiger partial charge in [0, 0.05) is 32.4 Å². The van der Waals surface area contributed by atoms with E-state index in [4.69, 9.17) is 0 Å². The molecule has 1 atom stereocenters. The highest BCUT2D eigenvalue weighted by Crippen LogP contribution is 2.20. The smallest absolute Gasteiger partial charge is 0.331 e. The van der Waals surface area contributed by atoms with Crippen LogP contribution in [0.25, 0.3) is 0 Å². The van der Waals surface area contributed by atoms with Crippen molar-refractivity contribution in [2.45, 2.75) is 25.4 Å². The van der Waals surface area contributed by atoms with Crippen LogP contribution in [0.4, 0.5) is 0 Å². The summed E-state index contributed by atoms with van der Waals surface area (Å²) in [6, 6.07) is 1.38. The quantitative estimate of drug-likeness (QED) is 0.723. The van der Waals surface area contributed by atoms with Gasteiger partial charge in [0.25, 0.3) is 5.56 Å². The molecule has 2 aromatic rings. The third-order valence-electron chi connectivity index (χ3n) is 4.13. The Bertz CT molecular complexity index is 807. The Morgan fingerprint density at radius 1 is 1.39 bits per heavy atom. The molecule has 23 heavy (non-hydrogen) atoms. The molecule has 9 heteroatoms. The van der Waals surface area contributed by atoms with Gasteiger partial charge in [0.1, 0.15) is 19.2 Å². The van der Waals surface area contributed by atoms with Crippen LogP contribution in [0, 0.1) is 0 Å². The average Bonchev–Trinajstić information content (AvgIpc) is 3.10. The zero-order chi connectivity index (χ0) is 16.4. The highest BCUT2D eigenvalue weighted by atomic mass is 16.2. The van der Waals surface area contributed by atoms with Crippen molar-refractivity contribution in [1.82, 2.24) is 28.8 Å². The van der Waals surface area contributed by atoms with Crippen molar-refractivity contribution in [3.8, 4) is 0 Å². The lowest BCUT2D eigenvalue weighted by atomic mass is 10.1. The summed E-state index contributed by atoms with van der Waals surface area (Å²) in [6.07, 6.45) is 6.30. The first-order chi connectivity index (χ1) is 11.1. The molecule has 1 amide bonds. The highest BCUT2D eigenvalue weighted by Gasteiger charge is 2.25. The normalized spacial score (nSPS) is 18.1. The van der Waals surface area contributed by atoms with E-state index in [-0.39, 0.29) is 24.1 Å². The van der Waals surface area contributed by atoms with Crippen LogP contribution in [-0.2, 0) is 18.4 Å². The maximum Gasteiger partial charge on any atom is 0.331 e. The second-order valence-corrected chi connectivity index (χ2v) is 5.63. The van der Waals surface area contributed by atoms with Gasteiger partial charge in [-0.05, 0) is 12.8 Å². The summed E-state index contributed by atoms with van der Waals surface area (Å²) in [6.45, 7) is 1.13. The van der Waals surface area contributed by atoms with Gasteiger partial charge in [0.05, 0.1) is 6.04 Å². The summed E-state index contributed by atoms with van der Waals surface area (Å²) < 4.78 is 4.00. The number of piperidine rings is 1. The van der Waals surface area contributed by atoms with Crippen LogP contribution in [0.15, 0.2) is 34.5 Å². The molecule has 0 N–H and O–H groups in total. The minimum Gasteiger partial charge on any atom is -0.339 e. The topological polar surface area (TPSA) is 95.0 Å². The van der Waals surface area contributed by atoms with Crippen molar-refractivity contribution in [1.29, 1.82) is 0 Å². The van der Waals surface area contributed by atoms with Crippen LogP contribution in [0.1, 0.15) is 18.9 Å². The fraction of sp³-hybridized carbons (Fsp3) is 0.500. The van der Waals surface area contributed by atoms with Crippen molar-refractivity contribution in [3.05, 3.63) is 45.8 Å². The Hall–Kier alpha value is -2.71. The molecular formula is C14H18N6O3. The summed E-state index contributed by atoms with van der Waals surface area (Å²) in [4.78, 5) is 41.5. The number of hydrogen-bond acceptors (Lipinski definition) is 5. The van der Waals surface area contributed by atoms with E-state index in [0.717, 1.165) is 17.4 Å². The molecule has 0 unspecified atom stereocenters. The molecule has 0 spiro atoms. The molecule has 122 valence electrons. The zero-order valence-corrected chi connectivity index (χ0v) is 12.8. The number of aromatic nitrogens is 5. The van der Waals surface area contributed by atoms with Gasteiger partial charge in [-0.25, -0.2) is 14.5 Å². The maximum absolute atomic E-state index is 12.5. The van der Waals surface area contributed by atoms with E-state index in [1.165, 1.54) is 30.2 Å². The monoisotopic (exact) mass is 318 g/mol. The number of carbonyl (C=O) groups is 1. The molecule has 3 heterocycles. The van der Waals surface area contributed by atoms with Gasteiger partial charge in [0.2, 0.25) is 5.91 Å². The number of nitrogens with zero attached hydrogens (tertiary/aromatic N) is 6.